The van der Waals surface area contributed by atoms with E-state index in [2.05, 4.69) is 20.2 Å². The van der Waals surface area contributed by atoms with Crippen LogP contribution in [0.1, 0.15) is 16.1 Å². The highest BCUT2D eigenvalue weighted by Crippen LogP contribution is 2.28. The Balaban J connectivity index is 1.62. The molecular weight excluding hydrogens is 324 g/mol. The maximum atomic E-state index is 12.7. The van der Waals surface area contributed by atoms with Crippen molar-refractivity contribution in [1.82, 2.24) is 14.9 Å². The Kier molecular flexibility index (Phi) is 4.29. The van der Waals surface area contributed by atoms with Crippen LogP contribution in [-0.4, -0.2) is 47.1 Å². The summed E-state index contributed by atoms with van der Waals surface area (Å²) >= 11 is 1.57. The van der Waals surface area contributed by atoms with E-state index in [1.165, 1.54) is 0 Å². The van der Waals surface area contributed by atoms with E-state index in [-0.39, 0.29) is 5.91 Å². The zero-order valence-electron chi connectivity index (χ0n) is 13.1. The second kappa shape index (κ2) is 6.72. The van der Waals surface area contributed by atoms with E-state index >= 15 is 0 Å². The maximum Gasteiger partial charge on any atom is 0.272 e. The average Bonchev–Trinajstić information content (AvgIpc) is 3.19. The van der Waals surface area contributed by atoms with Crippen molar-refractivity contribution in [3.8, 4) is 0 Å². The summed E-state index contributed by atoms with van der Waals surface area (Å²) in [6.45, 7) is 3.96. The van der Waals surface area contributed by atoms with Crippen LogP contribution in [0.3, 0.4) is 0 Å². The Morgan fingerprint density at radius 1 is 1.29 bits per heavy atom. The second-order valence-electron chi connectivity index (χ2n) is 5.72. The highest BCUT2D eigenvalue weighted by Gasteiger charge is 2.22. The van der Waals surface area contributed by atoms with Crippen LogP contribution in [0, 0.1) is 0 Å². The Bertz CT molecular complexity index is 837. The molecule has 4 rings (SSSR count). The smallest absolute Gasteiger partial charge is 0.272 e. The Labute approximate surface area is 143 Å². The van der Waals surface area contributed by atoms with Crippen molar-refractivity contribution in [1.29, 1.82) is 0 Å². The van der Waals surface area contributed by atoms with Crippen molar-refractivity contribution >= 4 is 33.3 Å². The zero-order chi connectivity index (χ0) is 16.4. The molecule has 1 amide bonds. The number of carbonyl (C=O) groups is 1. The van der Waals surface area contributed by atoms with E-state index in [1.807, 2.05) is 35.8 Å². The van der Waals surface area contributed by atoms with E-state index in [0.717, 1.165) is 54.4 Å². The summed E-state index contributed by atoms with van der Waals surface area (Å²) < 4.78 is 6.46. The lowest BCUT2D eigenvalue weighted by Gasteiger charge is -2.26. The second-order valence-corrected chi connectivity index (χ2v) is 6.57. The molecule has 1 fully saturated rings. The predicted molar refractivity (Wildman–Crippen MR) is 94.5 cm³/mol. The minimum absolute atomic E-state index is 0.130. The van der Waals surface area contributed by atoms with Crippen LogP contribution in [0.15, 0.2) is 35.8 Å². The molecule has 1 aliphatic heterocycles. The molecule has 3 heterocycles. The predicted octanol–water partition coefficient (Wildman–Crippen LogP) is 2.71. The lowest BCUT2D eigenvalue weighted by Crippen LogP contribution is -2.36. The van der Waals surface area contributed by atoms with Gasteiger partial charge in [0.2, 0.25) is 0 Å². The first-order valence-corrected chi connectivity index (χ1v) is 8.80. The topological polar surface area (TPSA) is 70.2 Å². The molecule has 1 aliphatic rings. The van der Waals surface area contributed by atoms with Crippen molar-refractivity contribution in [3.63, 3.8) is 0 Å². The van der Waals surface area contributed by atoms with Gasteiger partial charge in [-0.1, -0.05) is 18.2 Å². The lowest BCUT2D eigenvalue weighted by atomic mass is 10.2. The third kappa shape index (κ3) is 3.06. The van der Waals surface area contributed by atoms with Crippen molar-refractivity contribution in [2.45, 2.75) is 6.54 Å². The number of aromatic amines is 1. The van der Waals surface area contributed by atoms with Gasteiger partial charge in [-0.05, 0) is 12.1 Å². The number of thiazole rings is 1. The van der Waals surface area contributed by atoms with Gasteiger partial charge in [0, 0.05) is 30.9 Å². The number of para-hydroxylation sites is 1. The van der Waals surface area contributed by atoms with Crippen LogP contribution in [-0.2, 0) is 11.3 Å². The fraction of sp³-hybridized carbons (Fsp3) is 0.294. The van der Waals surface area contributed by atoms with E-state index in [4.69, 9.17) is 4.74 Å². The molecule has 2 N–H and O–H groups in total. The largest absolute Gasteiger partial charge is 0.379 e. The van der Waals surface area contributed by atoms with Crippen LogP contribution in [0.25, 0.3) is 10.3 Å². The Morgan fingerprint density at radius 3 is 2.88 bits per heavy atom. The molecular formula is C17H18N4O2S. The van der Waals surface area contributed by atoms with Crippen molar-refractivity contribution < 1.29 is 9.53 Å². The molecule has 0 unspecified atom stereocenters. The Morgan fingerprint density at radius 2 is 2.08 bits per heavy atom. The van der Waals surface area contributed by atoms with Gasteiger partial charge in [-0.2, -0.15) is 0 Å². The molecule has 0 bridgehead atoms. The number of benzene rings is 1. The SMILES string of the molecule is O=C(Nc1ccccc1)c1[nH]c2ncsc2c1CN1CCOCC1. The number of anilines is 1. The molecule has 1 aromatic carbocycles. The van der Waals surface area contributed by atoms with Gasteiger partial charge >= 0.3 is 0 Å². The summed E-state index contributed by atoms with van der Waals surface area (Å²) in [6.07, 6.45) is 0. The van der Waals surface area contributed by atoms with Gasteiger partial charge in [0.05, 0.1) is 23.4 Å². The molecule has 124 valence electrons. The maximum absolute atomic E-state index is 12.7. The van der Waals surface area contributed by atoms with Gasteiger partial charge in [-0.15, -0.1) is 11.3 Å². The first-order valence-electron chi connectivity index (χ1n) is 7.92. The van der Waals surface area contributed by atoms with Gasteiger partial charge in [0.15, 0.2) is 0 Å². The van der Waals surface area contributed by atoms with Crippen LogP contribution in [0.5, 0.6) is 0 Å². The minimum atomic E-state index is -0.130. The monoisotopic (exact) mass is 342 g/mol. The number of rotatable bonds is 4. The van der Waals surface area contributed by atoms with Gasteiger partial charge in [0.1, 0.15) is 11.3 Å². The molecule has 24 heavy (non-hydrogen) atoms. The number of hydrogen-bond donors (Lipinski definition) is 2. The number of nitrogens with one attached hydrogen (secondary N) is 2. The molecule has 7 heteroatoms. The standard InChI is InChI=1S/C17H18N4O2S/c22-17(19-12-4-2-1-3-5-12)14-13(10-21-6-8-23-9-7-21)15-16(20-14)18-11-24-15/h1-5,11,20H,6-10H2,(H,19,22). The summed E-state index contributed by atoms with van der Waals surface area (Å²) in [5, 5.41) is 2.95. The first kappa shape index (κ1) is 15.3. The molecule has 6 nitrogen and oxygen atoms in total. The summed E-state index contributed by atoms with van der Waals surface area (Å²) in [5.41, 5.74) is 4.98. The normalized spacial score (nSPS) is 15.7. The minimum Gasteiger partial charge on any atom is -0.379 e. The number of hydrogen-bond acceptors (Lipinski definition) is 5. The molecule has 0 atom stereocenters. The highest BCUT2D eigenvalue weighted by atomic mass is 32.1. The van der Waals surface area contributed by atoms with E-state index in [1.54, 1.807) is 11.3 Å². The van der Waals surface area contributed by atoms with Crippen molar-refractivity contribution in [3.05, 3.63) is 47.1 Å². The third-order valence-corrected chi connectivity index (χ3v) is 5.02. The average molecular weight is 342 g/mol. The summed E-state index contributed by atoms with van der Waals surface area (Å²) in [4.78, 5) is 22.6. The van der Waals surface area contributed by atoms with Gasteiger partial charge in [-0.25, -0.2) is 4.98 Å². The fourth-order valence-electron chi connectivity index (χ4n) is 2.90. The van der Waals surface area contributed by atoms with Gasteiger partial charge < -0.3 is 15.0 Å². The number of aromatic nitrogens is 2. The number of nitrogens with zero attached hydrogens (tertiary/aromatic N) is 2. The summed E-state index contributed by atoms with van der Waals surface area (Å²) in [5.74, 6) is -0.130. The summed E-state index contributed by atoms with van der Waals surface area (Å²) in [6, 6.07) is 9.48. The molecule has 2 aromatic heterocycles. The van der Waals surface area contributed by atoms with Crippen LogP contribution in [0.4, 0.5) is 5.69 Å². The number of morpholine rings is 1. The molecule has 1 saturated heterocycles. The third-order valence-electron chi connectivity index (χ3n) is 4.13. The van der Waals surface area contributed by atoms with Crippen LogP contribution in [0.2, 0.25) is 0 Å². The number of carbonyl (C=O) groups excluding carboxylic acids is 1. The van der Waals surface area contributed by atoms with Crippen molar-refractivity contribution in [2.75, 3.05) is 31.6 Å². The molecule has 0 aliphatic carbocycles. The number of ether oxygens (including phenoxy) is 1. The Hall–Kier alpha value is -2.22. The van der Waals surface area contributed by atoms with E-state index in [0.29, 0.717) is 5.69 Å². The van der Waals surface area contributed by atoms with Gasteiger partial charge in [0.25, 0.3) is 5.91 Å². The molecule has 0 saturated carbocycles. The van der Waals surface area contributed by atoms with Crippen LogP contribution < -0.4 is 5.32 Å². The molecule has 0 spiro atoms. The zero-order valence-corrected chi connectivity index (χ0v) is 13.9. The molecule has 3 aromatic rings. The quantitative estimate of drug-likeness (QED) is 0.765. The number of fused-ring (bicyclic) bond motifs is 1. The number of amides is 1. The van der Waals surface area contributed by atoms with Crippen LogP contribution >= 0.6 is 11.3 Å². The molecule has 0 radical (unpaired) electrons. The lowest BCUT2D eigenvalue weighted by molar-refractivity contribution is 0.0343. The van der Waals surface area contributed by atoms with Crippen molar-refractivity contribution in [2.24, 2.45) is 0 Å². The summed E-state index contributed by atoms with van der Waals surface area (Å²) in [7, 11) is 0. The number of H-pyrrole nitrogens is 1. The fourth-order valence-corrected chi connectivity index (χ4v) is 3.69. The van der Waals surface area contributed by atoms with Gasteiger partial charge in [-0.3, -0.25) is 9.69 Å². The van der Waals surface area contributed by atoms with E-state index < -0.39 is 0 Å². The first-order chi connectivity index (χ1) is 11.8. The van der Waals surface area contributed by atoms with E-state index in [9.17, 15) is 4.79 Å². The highest BCUT2D eigenvalue weighted by molar-refractivity contribution is 7.17.